The van der Waals surface area contributed by atoms with Crippen LogP contribution in [0.15, 0.2) is 12.2 Å². The van der Waals surface area contributed by atoms with Crippen molar-refractivity contribution in [3.8, 4) is 0 Å². The SMILES string of the molecule is CCCCCCCCCCCCCCCCC/C=C/C(CCCCCCCCCCCCCCCCCC)COS(=O)(=O)[O-].[K+]. The first-order chi connectivity index (χ1) is 21.5. The Bertz CT molecular complexity index is 683. The molecule has 0 aromatic carbocycles. The maximum atomic E-state index is 11.0. The standard InChI is InChI=1S/C39H78O4S.K/c1-3-5-7-9-11-13-15-17-19-21-23-25-27-29-31-33-35-37-39(38-43-44(40,41)42)36-34-32-30-28-26-24-22-20-18-16-14-12-10-8-6-4-2;/h35,37,39H,3-34,36,38H2,1-2H3,(H,40,41,42);/q;+1/p-1/b37-35+;. The average Bonchev–Trinajstić information content (AvgIpc) is 3.00. The van der Waals surface area contributed by atoms with Crippen molar-refractivity contribution in [2.45, 2.75) is 226 Å². The molecule has 0 fully saturated rings. The predicted octanol–water partition coefficient (Wildman–Crippen LogP) is 10.6. The van der Waals surface area contributed by atoms with Gasteiger partial charge in [0.2, 0.25) is 10.4 Å². The van der Waals surface area contributed by atoms with Crippen molar-refractivity contribution in [2.75, 3.05) is 6.61 Å². The van der Waals surface area contributed by atoms with E-state index in [0.29, 0.717) is 0 Å². The van der Waals surface area contributed by atoms with E-state index in [1.807, 2.05) is 0 Å². The molecule has 0 radical (unpaired) electrons. The predicted molar refractivity (Wildman–Crippen MR) is 192 cm³/mol. The Morgan fingerprint density at radius 2 is 0.778 bits per heavy atom. The normalized spacial score (nSPS) is 12.6. The second-order valence-corrected chi connectivity index (χ2v) is 14.8. The van der Waals surface area contributed by atoms with Gasteiger partial charge in [0.1, 0.15) is 0 Å². The number of unbranched alkanes of at least 4 members (excludes halogenated alkanes) is 30. The van der Waals surface area contributed by atoms with Crippen LogP contribution in [-0.2, 0) is 14.6 Å². The van der Waals surface area contributed by atoms with E-state index in [9.17, 15) is 13.0 Å². The van der Waals surface area contributed by atoms with Gasteiger partial charge in [-0.1, -0.05) is 219 Å². The molecule has 0 aromatic rings. The van der Waals surface area contributed by atoms with Crippen molar-refractivity contribution in [1.82, 2.24) is 0 Å². The van der Waals surface area contributed by atoms with Gasteiger partial charge in [0.05, 0.1) is 6.61 Å². The van der Waals surface area contributed by atoms with Crippen LogP contribution in [0.2, 0.25) is 0 Å². The molecule has 1 unspecified atom stereocenters. The molecule has 0 rings (SSSR count). The van der Waals surface area contributed by atoms with Crippen LogP contribution in [0.4, 0.5) is 0 Å². The quantitative estimate of drug-likeness (QED) is 0.0215. The van der Waals surface area contributed by atoms with Crippen molar-refractivity contribution in [3.63, 3.8) is 0 Å². The van der Waals surface area contributed by atoms with E-state index >= 15 is 0 Å². The molecule has 45 heavy (non-hydrogen) atoms. The van der Waals surface area contributed by atoms with Crippen LogP contribution in [0.5, 0.6) is 0 Å². The first kappa shape index (κ1) is 48.4. The second-order valence-electron chi connectivity index (χ2n) is 13.7. The molecule has 0 saturated heterocycles. The summed E-state index contributed by atoms with van der Waals surface area (Å²) in [6.45, 7) is 4.55. The van der Waals surface area contributed by atoms with Crippen LogP contribution >= 0.6 is 0 Å². The Kier molecular flexibility index (Phi) is 42.6. The van der Waals surface area contributed by atoms with Gasteiger partial charge in [-0.3, -0.25) is 4.18 Å². The molecule has 4 nitrogen and oxygen atoms in total. The van der Waals surface area contributed by atoms with E-state index < -0.39 is 10.4 Å². The van der Waals surface area contributed by atoms with Gasteiger partial charge >= 0.3 is 51.4 Å². The third-order valence-electron chi connectivity index (χ3n) is 9.24. The molecule has 0 amide bonds. The fourth-order valence-corrected chi connectivity index (χ4v) is 6.62. The first-order valence-electron chi connectivity index (χ1n) is 19.8. The molecule has 0 spiro atoms. The van der Waals surface area contributed by atoms with Gasteiger partial charge in [-0.05, 0) is 19.3 Å². The van der Waals surface area contributed by atoms with Crippen LogP contribution in [-0.4, -0.2) is 19.6 Å². The summed E-state index contributed by atoms with van der Waals surface area (Å²) in [6.07, 6.45) is 48.2. The minimum absolute atomic E-state index is 0. The number of hydrogen-bond acceptors (Lipinski definition) is 4. The third kappa shape index (κ3) is 43.2. The third-order valence-corrected chi connectivity index (χ3v) is 9.66. The van der Waals surface area contributed by atoms with E-state index in [4.69, 9.17) is 0 Å². The molecule has 264 valence electrons. The molecule has 6 heteroatoms. The summed E-state index contributed by atoms with van der Waals surface area (Å²) in [4.78, 5) is 0. The van der Waals surface area contributed by atoms with E-state index in [1.54, 1.807) is 0 Å². The Morgan fingerprint density at radius 3 is 1.09 bits per heavy atom. The fraction of sp³-hybridized carbons (Fsp3) is 0.949. The summed E-state index contributed by atoms with van der Waals surface area (Å²) in [5.41, 5.74) is 0. The van der Waals surface area contributed by atoms with E-state index in [2.05, 4.69) is 30.2 Å². The summed E-state index contributed by atoms with van der Waals surface area (Å²) < 4.78 is 37.6. The van der Waals surface area contributed by atoms with Gasteiger partial charge in [0.25, 0.3) is 0 Å². The maximum absolute atomic E-state index is 11.0. The number of hydrogen-bond donors (Lipinski definition) is 0. The van der Waals surface area contributed by atoms with Gasteiger partial charge in [-0.15, -0.1) is 0 Å². The summed E-state index contributed by atoms with van der Waals surface area (Å²) in [7, 11) is -4.63. The zero-order valence-corrected chi connectivity index (χ0v) is 34.8. The monoisotopic (exact) mass is 681 g/mol. The summed E-state index contributed by atoms with van der Waals surface area (Å²) in [6, 6.07) is 0. The average molecular weight is 681 g/mol. The molecule has 0 aliphatic rings. The zero-order chi connectivity index (χ0) is 32.2. The minimum atomic E-state index is -4.63. The second kappa shape index (κ2) is 39.7. The van der Waals surface area contributed by atoms with Crippen molar-refractivity contribution in [2.24, 2.45) is 5.92 Å². The molecule has 1 atom stereocenters. The molecule has 0 heterocycles. The van der Waals surface area contributed by atoms with Gasteiger partial charge < -0.3 is 4.55 Å². The summed E-state index contributed by atoms with van der Waals surface area (Å²) >= 11 is 0. The maximum Gasteiger partial charge on any atom is 1.00 e. The van der Waals surface area contributed by atoms with Gasteiger partial charge in [0.15, 0.2) is 0 Å². The molecular weight excluding hydrogens is 604 g/mol. The number of rotatable bonds is 37. The van der Waals surface area contributed by atoms with E-state index in [0.717, 1.165) is 19.3 Å². The fourth-order valence-electron chi connectivity index (χ4n) is 6.28. The van der Waals surface area contributed by atoms with Crippen LogP contribution < -0.4 is 51.4 Å². The topological polar surface area (TPSA) is 66.4 Å². The zero-order valence-electron chi connectivity index (χ0n) is 30.8. The smallest absolute Gasteiger partial charge is 0.726 e. The van der Waals surface area contributed by atoms with Crippen molar-refractivity contribution >= 4 is 10.4 Å². The summed E-state index contributed by atoms with van der Waals surface area (Å²) in [5.74, 6) is 0.0155. The van der Waals surface area contributed by atoms with Crippen molar-refractivity contribution in [1.29, 1.82) is 0 Å². The molecule has 0 aliphatic carbocycles. The van der Waals surface area contributed by atoms with Gasteiger partial charge in [-0.25, -0.2) is 8.42 Å². The minimum Gasteiger partial charge on any atom is -0.726 e. The Hall–Kier alpha value is 1.25. The van der Waals surface area contributed by atoms with Crippen LogP contribution in [0, 0.1) is 5.92 Å². The van der Waals surface area contributed by atoms with Crippen molar-refractivity contribution in [3.05, 3.63) is 12.2 Å². The van der Waals surface area contributed by atoms with Gasteiger partial charge in [-0.2, -0.15) is 0 Å². The molecule has 0 aromatic heterocycles. The van der Waals surface area contributed by atoms with Crippen LogP contribution in [0.25, 0.3) is 0 Å². The summed E-state index contributed by atoms with van der Waals surface area (Å²) in [5, 5.41) is 0. The Morgan fingerprint density at radius 1 is 0.489 bits per heavy atom. The van der Waals surface area contributed by atoms with Crippen LogP contribution in [0.3, 0.4) is 0 Å². The van der Waals surface area contributed by atoms with E-state index in [-0.39, 0.29) is 63.9 Å². The first-order valence-corrected chi connectivity index (χ1v) is 21.1. The van der Waals surface area contributed by atoms with Gasteiger partial charge in [0, 0.05) is 5.92 Å². The molecule has 0 bridgehead atoms. The number of allylic oxidation sites excluding steroid dienone is 1. The Labute approximate surface area is 326 Å². The molecule has 0 saturated carbocycles. The Balaban J connectivity index is 0. The molecule has 0 N–H and O–H groups in total. The molecule has 0 aliphatic heterocycles. The van der Waals surface area contributed by atoms with E-state index in [1.165, 1.54) is 193 Å². The largest absolute Gasteiger partial charge is 1.00 e. The van der Waals surface area contributed by atoms with Crippen LogP contribution in [0.1, 0.15) is 226 Å². The molecular formula is C39H77KO4S. The van der Waals surface area contributed by atoms with Crippen molar-refractivity contribution < 1.29 is 68.5 Å².